The minimum Gasteiger partial charge on any atom is -0.481 e. The molecule has 1 saturated heterocycles. The summed E-state index contributed by atoms with van der Waals surface area (Å²) in [6.45, 7) is 10.2. The zero-order valence-electron chi connectivity index (χ0n) is 61.2. The Kier molecular flexibility index (Phi) is 39.1. The molecule has 13 atom stereocenters. The first-order valence-electron chi connectivity index (χ1n) is 35.5. The maximum atomic E-state index is 14.9. The molecule has 107 heavy (non-hydrogen) atoms. The fourth-order valence-electron chi connectivity index (χ4n) is 11.3. The number of nitrogens with two attached hydrogens (primary N) is 3. The molecule has 3 unspecified atom stereocenters. The van der Waals surface area contributed by atoms with Gasteiger partial charge in [0.1, 0.15) is 72.5 Å². The van der Waals surface area contributed by atoms with Gasteiger partial charge in [-0.3, -0.25) is 81.7 Å². The molecule has 1 aromatic heterocycles. The number of nitrogens with zero attached hydrogens (tertiary/aromatic N) is 2. The average molecular weight is 1510 g/mol. The van der Waals surface area contributed by atoms with Crippen LogP contribution in [0.25, 0.3) is 0 Å². The molecule has 0 saturated carbocycles. The van der Waals surface area contributed by atoms with Crippen LogP contribution in [0.3, 0.4) is 0 Å². The lowest BCUT2D eigenvalue weighted by Gasteiger charge is -2.30. The zero-order valence-corrected chi connectivity index (χ0v) is 61.2. The first-order chi connectivity index (χ1) is 50.5. The largest absolute Gasteiger partial charge is 0.481 e. The number of aliphatic hydroxyl groups excluding tert-OH is 1. The third kappa shape index (κ3) is 32.7. The number of aromatic nitrogens is 2. The van der Waals surface area contributed by atoms with Crippen molar-refractivity contribution < 1.29 is 102 Å². The number of aliphatic carboxylic acids is 3. The Bertz CT molecular complexity index is 3360. The van der Waals surface area contributed by atoms with Crippen LogP contribution in [0.15, 0.2) is 41.8 Å². The second kappa shape index (κ2) is 46.3. The lowest BCUT2D eigenvalue weighted by Crippen LogP contribution is -2.62. The summed E-state index contributed by atoms with van der Waals surface area (Å²) in [7, 11) is 0. The van der Waals surface area contributed by atoms with Gasteiger partial charge in [-0.2, -0.15) is 0 Å². The Morgan fingerprint density at radius 3 is 1.79 bits per heavy atom. The number of carbonyl (C=O) groups excluding carboxylic acids is 14. The monoisotopic (exact) mass is 1510 g/mol. The molecular weight excluding hydrogens is 1400 g/mol. The second-order valence-electron chi connectivity index (χ2n) is 27.1. The molecule has 0 bridgehead atoms. The molecule has 0 spiro atoms. The number of carboxylic acids is 3. The third-order valence-corrected chi connectivity index (χ3v) is 17.3. The van der Waals surface area contributed by atoms with E-state index in [1.54, 1.807) is 53.7 Å². The normalized spacial score (nSPS) is 19.9. The van der Waals surface area contributed by atoms with Crippen LogP contribution in [0.1, 0.15) is 157 Å². The van der Waals surface area contributed by atoms with Crippen LogP contribution in [0, 0.1) is 23.7 Å². The minimum absolute atomic E-state index is 0.00833. The van der Waals surface area contributed by atoms with Gasteiger partial charge in [-0.1, -0.05) is 72.3 Å². The van der Waals surface area contributed by atoms with E-state index in [9.17, 15) is 102 Å². The smallest absolute Gasteiger partial charge is 0.328 e. The molecule has 1 aliphatic carbocycles. The average Bonchev–Trinajstić information content (AvgIpc) is 1.80. The summed E-state index contributed by atoms with van der Waals surface area (Å²) < 4.78 is 0. The van der Waals surface area contributed by atoms with Crippen molar-refractivity contribution in [3.63, 3.8) is 0 Å². The third-order valence-electron chi connectivity index (χ3n) is 17.3. The van der Waals surface area contributed by atoms with Gasteiger partial charge in [0.15, 0.2) is 17.5 Å². The maximum Gasteiger partial charge on any atom is 0.328 e. The van der Waals surface area contributed by atoms with Gasteiger partial charge in [-0.05, 0) is 94.9 Å². The highest BCUT2D eigenvalue weighted by atomic mass is 16.4. The van der Waals surface area contributed by atoms with Gasteiger partial charge in [0.2, 0.25) is 70.9 Å². The molecule has 23 N–H and O–H groups in total. The van der Waals surface area contributed by atoms with Crippen LogP contribution in [0.2, 0.25) is 0 Å². The van der Waals surface area contributed by atoms with Crippen LogP contribution in [-0.4, -0.2) is 229 Å². The summed E-state index contributed by atoms with van der Waals surface area (Å²) in [5, 5.41) is 68.0. The number of carbonyl (C=O) groups is 17. The minimum atomic E-state index is -2.04. The molecule has 0 aromatic carbocycles. The van der Waals surface area contributed by atoms with Gasteiger partial charge in [0.25, 0.3) is 0 Å². The van der Waals surface area contributed by atoms with E-state index in [4.69, 9.17) is 17.2 Å². The summed E-state index contributed by atoms with van der Waals surface area (Å²) in [5.41, 5.74) is 17.2. The lowest BCUT2D eigenvalue weighted by atomic mass is 9.95. The Hall–Kier alpha value is -10.7. The van der Waals surface area contributed by atoms with E-state index in [-0.39, 0.29) is 82.8 Å². The van der Waals surface area contributed by atoms with Gasteiger partial charge in [0.05, 0.1) is 19.4 Å². The number of rotatable bonds is 39. The van der Waals surface area contributed by atoms with E-state index in [1.165, 1.54) is 24.7 Å². The van der Waals surface area contributed by atoms with Crippen molar-refractivity contribution in [2.24, 2.45) is 45.9 Å². The van der Waals surface area contributed by atoms with Crippen molar-refractivity contribution in [2.75, 3.05) is 19.7 Å². The number of imidazole rings is 1. The zero-order chi connectivity index (χ0) is 80.2. The molecule has 2 heterocycles. The summed E-state index contributed by atoms with van der Waals surface area (Å²) >= 11 is 0. The van der Waals surface area contributed by atoms with Gasteiger partial charge < -0.3 is 106 Å². The van der Waals surface area contributed by atoms with Crippen LogP contribution >= 0.6 is 0 Å². The molecule has 1 aliphatic heterocycles. The Morgan fingerprint density at radius 1 is 0.626 bits per heavy atom. The quantitative estimate of drug-likeness (QED) is 0.0128. The molecule has 1 aromatic rings. The first kappa shape index (κ1) is 90.5. The highest BCUT2D eigenvalue weighted by Gasteiger charge is 2.40. The van der Waals surface area contributed by atoms with Gasteiger partial charge in [-0.25, -0.2) is 9.78 Å². The highest BCUT2D eigenvalue weighted by Crippen LogP contribution is 2.19. The number of aliphatic imine (C=N–C) groups is 1. The fraction of sp³-hybridized carbons (Fsp3) is 0.632. The van der Waals surface area contributed by atoms with Crippen molar-refractivity contribution in [2.45, 2.75) is 230 Å². The van der Waals surface area contributed by atoms with E-state index in [1.807, 2.05) is 5.32 Å². The van der Waals surface area contributed by atoms with Gasteiger partial charge in [0, 0.05) is 57.0 Å². The Labute approximate surface area is 618 Å². The molecule has 12 amide bonds. The number of aliphatic hydroxyl groups is 1. The molecule has 1 fully saturated rings. The van der Waals surface area contributed by atoms with Crippen LogP contribution < -0.4 is 81.0 Å². The second-order valence-corrected chi connectivity index (χ2v) is 27.1. The van der Waals surface area contributed by atoms with E-state index < -0.39 is 242 Å². The number of nitrogens with one attached hydrogen (secondary N) is 13. The number of amides is 12. The Morgan fingerprint density at radius 2 is 1.22 bits per heavy atom. The number of carboxylic acid groups (broad SMARTS) is 3. The van der Waals surface area contributed by atoms with Crippen molar-refractivity contribution in [1.82, 2.24) is 73.8 Å². The molecule has 2 aliphatic rings. The van der Waals surface area contributed by atoms with Crippen molar-refractivity contribution >= 4 is 106 Å². The number of ketones is 2. The molecule has 0 radical (unpaired) electrons. The number of guanidine groups is 1. The number of allylic oxidation sites excluding steroid dienone is 2. The van der Waals surface area contributed by atoms with E-state index in [2.05, 4.69) is 73.4 Å². The van der Waals surface area contributed by atoms with E-state index >= 15 is 0 Å². The number of unbranched alkanes of at least 4 members (excludes halogenated alkanes) is 1. The number of hydrogen-bond acceptors (Lipinski definition) is 21. The summed E-state index contributed by atoms with van der Waals surface area (Å²) in [6, 6.07) is -19.6. The molecule has 594 valence electrons. The first-order valence-corrected chi connectivity index (χ1v) is 35.5. The van der Waals surface area contributed by atoms with Gasteiger partial charge >= 0.3 is 17.9 Å². The highest BCUT2D eigenvalue weighted by molar-refractivity contribution is 6.37. The van der Waals surface area contributed by atoms with E-state index in [0.717, 1.165) is 6.92 Å². The van der Waals surface area contributed by atoms with Crippen molar-refractivity contribution in [1.29, 1.82) is 0 Å². The summed E-state index contributed by atoms with van der Waals surface area (Å²) in [6.07, 6.45) is 3.81. The van der Waals surface area contributed by atoms with Crippen LogP contribution in [0.4, 0.5) is 0 Å². The lowest BCUT2D eigenvalue weighted by molar-refractivity contribution is -0.144. The maximum absolute atomic E-state index is 14.9. The predicted octanol–water partition coefficient (Wildman–Crippen LogP) is -4.63. The summed E-state index contributed by atoms with van der Waals surface area (Å²) in [4.78, 5) is 245. The molecule has 3 rings (SSSR count). The standard InChI is InChI=1S/C68H106N18O21/c1-8-36(6)54(85-64(103)47(29-39-31-72-33-74-39)81-56(95)40(17-11-12-25-69)76-59(98)43(75-37(7)88)22-24-52(91)92)65(104)83-45(27-34(2)3)61(100)78-44-21-23-51(90)50(89)20-13-18-41(57(96)82-48(30-53(93)94)62(101)84-49(32-87)67(106)107)79-66(105)55(38-15-9-10-16-38)86-63(102)46(28-35(4)5)80-58(97)42(77-60(44)99)19-14-26-73-68(70)71/h9-10,15-16,31,33-36,38,40-49,54-55,87H,8,11-14,17-30,32,69H2,1-7H3,(H,72,74)(H,75,88)(H,76,98)(H,77,99)(H,78,100)(H,79,105)(H,80,97)(H,81,95)(H,82,96)(H,83,104)(H,84,101)(H,85,103)(H,86,102)(H,91,92)(H,93,94)(H,106,107)(H4,70,71,73)/t36-,40-,41?,42?,43-,44?,45-,46-,47-,48-,49-,54-,55-/m0/s1. The molecule has 39 heteroatoms. The number of H-pyrrole nitrogens is 1. The van der Waals surface area contributed by atoms with Crippen LogP contribution in [-0.2, 0) is 87.9 Å². The fourth-order valence-corrected chi connectivity index (χ4v) is 11.3. The Balaban J connectivity index is 2.16. The van der Waals surface area contributed by atoms with Gasteiger partial charge in [-0.15, -0.1) is 0 Å². The van der Waals surface area contributed by atoms with Crippen molar-refractivity contribution in [3.8, 4) is 0 Å². The number of hydrogen-bond donors (Lipinski definition) is 20. The SMILES string of the molecule is CC[C@H](C)[C@H](NC(=O)[C@H](Cc1cnc[nH]1)NC(=O)[C@H](CCCCN)NC(=O)[C@H](CCC(=O)O)NC(C)=O)C(=O)N[C@@H](CC(C)C)C(=O)NC1CCC(=O)C(=O)CCCC(C(=O)N[C@@H](CC(=O)O)C(=O)N[C@@H](CO)C(=O)O)NC(=O)[C@H](C2C=CC=C2)NC(=O)[C@H](CC(C)C)NC(=O)C(CCCN=C(N)N)NC1=O. The predicted molar refractivity (Wildman–Crippen MR) is 381 cm³/mol. The van der Waals surface area contributed by atoms with E-state index in [0.29, 0.717) is 12.1 Å². The molecule has 39 nitrogen and oxygen atoms in total. The number of aromatic amines is 1. The number of Topliss-reactive ketones (excluding diaryl/α,β-unsaturated/α-hetero) is 2. The summed E-state index contributed by atoms with van der Waals surface area (Å²) in [5.74, 6) is -21.7. The molecular formula is C68H106N18O21. The van der Waals surface area contributed by atoms with Crippen molar-refractivity contribution in [3.05, 3.63) is 42.5 Å². The topological polar surface area (TPSA) is 635 Å². The van der Waals surface area contributed by atoms with Crippen LogP contribution in [0.5, 0.6) is 0 Å².